The van der Waals surface area contributed by atoms with Crippen molar-refractivity contribution in [3.63, 3.8) is 0 Å². The second kappa shape index (κ2) is 19.1. The summed E-state index contributed by atoms with van der Waals surface area (Å²) in [7, 11) is 0. The van der Waals surface area contributed by atoms with Crippen LogP contribution >= 0.6 is 0 Å². The number of hydrogen-bond donors (Lipinski definition) is 6. The standard InChI is InChI=1S/C45H60N10O8/c1-28-36-26-54(31-16-21-53(22-17-31)43(61)63-44(2,3)4)23-24-55(36)35-25-34(51-52-38(35)48-28)32-9-5-6-11-37(32)62-27-29-12-14-30(15-13-29)49-39(56)33(10-7-20-47-42(46)60)50-40(57)45(41(58)59)18-8-19-45/h5-6,9,11-15,25,28,31,33,36H,7-8,10,16-24,26-27H2,1-4H3,(H,48,52)(H,49,56)(H,50,57)(H,58,59)(H3,46,47,60)/t28-,33-,36-/m0/s1. The molecule has 0 unspecified atom stereocenters. The highest BCUT2D eigenvalue weighted by atomic mass is 16.6. The van der Waals surface area contributed by atoms with Crippen molar-refractivity contribution in [2.75, 3.05) is 54.8 Å². The quantitative estimate of drug-likeness (QED) is 0.0966. The number of anilines is 3. The zero-order valence-corrected chi connectivity index (χ0v) is 36.5. The van der Waals surface area contributed by atoms with Gasteiger partial charge < -0.3 is 51.4 Å². The van der Waals surface area contributed by atoms with Gasteiger partial charge in [-0.1, -0.05) is 30.7 Å². The van der Waals surface area contributed by atoms with E-state index in [4.69, 9.17) is 15.2 Å². The summed E-state index contributed by atoms with van der Waals surface area (Å²) >= 11 is 0. The maximum atomic E-state index is 13.4. The predicted octanol–water partition coefficient (Wildman–Crippen LogP) is 4.55. The number of primary amides is 1. The van der Waals surface area contributed by atoms with Crippen LogP contribution in [0, 0.1) is 5.41 Å². The number of carbonyl (C=O) groups is 5. The van der Waals surface area contributed by atoms with Crippen molar-refractivity contribution < 1.29 is 38.6 Å². The predicted molar refractivity (Wildman–Crippen MR) is 236 cm³/mol. The molecule has 2 saturated heterocycles. The van der Waals surface area contributed by atoms with Crippen LogP contribution in [0.2, 0.25) is 0 Å². The van der Waals surface area contributed by atoms with Gasteiger partial charge in [0, 0.05) is 62.6 Å². The van der Waals surface area contributed by atoms with Gasteiger partial charge in [0.25, 0.3) is 0 Å². The van der Waals surface area contributed by atoms with E-state index < -0.39 is 40.9 Å². The number of fused-ring (bicyclic) bond motifs is 3. The molecule has 338 valence electrons. The molecule has 4 heterocycles. The molecule has 3 fully saturated rings. The van der Waals surface area contributed by atoms with E-state index in [2.05, 4.69) is 54.3 Å². The summed E-state index contributed by atoms with van der Waals surface area (Å²) in [6, 6.07) is 15.9. The minimum Gasteiger partial charge on any atom is -0.488 e. The van der Waals surface area contributed by atoms with Crippen LogP contribution in [0.5, 0.6) is 5.75 Å². The molecular weight excluding hydrogens is 809 g/mol. The van der Waals surface area contributed by atoms with Gasteiger partial charge in [-0.2, -0.15) is 0 Å². The highest BCUT2D eigenvalue weighted by Gasteiger charge is 2.52. The summed E-state index contributed by atoms with van der Waals surface area (Å²) in [5, 5.41) is 30.5. The van der Waals surface area contributed by atoms with Gasteiger partial charge in [0.05, 0.1) is 17.4 Å². The lowest BCUT2D eigenvalue weighted by molar-refractivity contribution is -0.162. The molecule has 3 atom stereocenters. The summed E-state index contributed by atoms with van der Waals surface area (Å²) in [5.74, 6) is -1.03. The number of piperidine rings is 1. The normalized spacial score (nSPS) is 20.1. The number of likely N-dealkylation sites (tertiary alicyclic amines) is 1. The first-order valence-corrected chi connectivity index (χ1v) is 21.9. The fraction of sp³-hybridized carbons (Fsp3) is 0.533. The molecule has 63 heavy (non-hydrogen) atoms. The fourth-order valence-corrected chi connectivity index (χ4v) is 8.81. The maximum Gasteiger partial charge on any atom is 0.410 e. The lowest BCUT2D eigenvalue weighted by atomic mass is 9.68. The molecule has 3 aliphatic heterocycles. The minimum absolute atomic E-state index is 0.152. The number of nitrogens with one attached hydrogen (secondary N) is 4. The van der Waals surface area contributed by atoms with Crippen LogP contribution in [-0.4, -0.2) is 124 Å². The lowest BCUT2D eigenvalue weighted by Gasteiger charge is -2.51. The first kappa shape index (κ1) is 44.9. The lowest BCUT2D eigenvalue weighted by Crippen LogP contribution is -2.63. The Hall–Kier alpha value is -6.17. The molecule has 4 aliphatic rings. The van der Waals surface area contributed by atoms with E-state index in [-0.39, 0.29) is 50.6 Å². The van der Waals surface area contributed by atoms with Crippen LogP contribution in [0.25, 0.3) is 11.3 Å². The third-order valence-corrected chi connectivity index (χ3v) is 12.5. The van der Waals surface area contributed by atoms with Crippen molar-refractivity contribution in [2.45, 2.75) is 109 Å². The van der Waals surface area contributed by atoms with Gasteiger partial charge in [-0.15, -0.1) is 10.2 Å². The highest BCUT2D eigenvalue weighted by Crippen LogP contribution is 2.42. The Morgan fingerprint density at radius 3 is 2.40 bits per heavy atom. The van der Waals surface area contributed by atoms with Crippen molar-refractivity contribution in [2.24, 2.45) is 11.1 Å². The van der Waals surface area contributed by atoms with Crippen LogP contribution in [0.3, 0.4) is 0 Å². The molecule has 0 radical (unpaired) electrons. The van der Waals surface area contributed by atoms with Crippen molar-refractivity contribution in [1.29, 1.82) is 0 Å². The Kier molecular flexibility index (Phi) is 13.6. The number of nitrogens with zero attached hydrogens (tertiary/aromatic N) is 5. The molecule has 1 aliphatic carbocycles. The second-order valence-electron chi connectivity index (χ2n) is 18.0. The number of hydrogen-bond acceptors (Lipinski definition) is 12. The Morgan fingerprint density at radius 2 is 1.73 bits per heavy atom. The third-order valence-electron chi connectivity index (χ3n) is 12.5. The number of aliphatic carboxylic acids is 1. The SMILES string of the molecule is C[C@@H]1Nc2nnc(-c3ccccc3OCc3ccc(NC(=O)[C@H](CCCNC(N)=O)NC(=O)C4(C(=O)O)CCC4)cc3)cc2N2CCN(C3CCN(C(=O)OC(C)(C)C)CC3)C[C@@H]12. The van der Waals surface area contributed by atoms with Gasteiger partial charge in [0.2, 0.25) is 11.8 Å². The number of ether oxygens (including phenoxy) is 2. The summed E-state index contributed by atoms with van der Waals surface area (Å²) < 4.78 is 12.0. The Bertz CT molecular complexity index is 2150. The molecule has 18 nitrogen and oxygen atoms in total. The summed E-state index contributed by atoms with van der Waals surface area (Å²) in [5.41, 5.74) is 6.91. The van der Waals surface area contributed by atoms with E-state index in [1.54, 1.807) is 12.1 Å². The first-order valence-electron chi connectivity index (χ1n) is 21.9. The Labute approximate surface area is 367 Å². The van der Waals surface area contributed by atoms with Crippen LogP contribution in [0.4, 0.5) is 26.8 Å². The molecule has 1 aromatic heterocycles. The van der Waals surface area contributed by atoms with Crippen LogP contribution in [0.15, 0.2) is 54.6 Å². The molecule has 18 heteroatoms. The summed E-state index contributed by atoms with van der Waals surface area (Å²) in [6.07, 6.45) is 3.09. The maximum absolute atomic E-state index is 13.4. The largest absolute Gasteiger partial charge is 0.488 e. The van der Waals surface area contributed by atoms with E-state index in [0.29, 0.717) is 49.1 Å². The molecular formula is C45H60N10O8. The topological polar surface area (TPSA) is 234 Å². The van der Waals surface area contributed by atoms with Gasteiger partial charge in [0.15, 0.2) is 5.82 Å². The van der Waals surface area contributed by atoms with Crippen LogP contribution in [0.1, 0.15) is 78.2 Å². The number of carboxylic acids is 1. The summed E-state index contributed by atoms with van der Waals surface area (Å²) in [4.78, 5) is 69.1. The number of carbonyl (C=O) groups excluding carboxylic acids is 4. The number of carboxylic acid groups (broad SMARTS) is 1. The molecule has 3 aromatic rings. The van der Waals surface area contributed by atoms with E-state index in [9.17, 15) is 29.1 Å². The van der Waals surface area contributed by atoms with Crippen molar-refractivity contribution >= 4 is 47.1 Å². The highest BCUT2D eigenvalue weighted by molar-refractivity contribution is 6.05. The molecule has 0 bridgehead atoms. The second-order valence-corrected chi connectivity index (χ2v) is 18.0. The van der Waals surface area contributed by atoms with Crippen molar-refractivity contribution in [1.82, 2.24) is 30.6 Å². The van der Waals surface area contributed by atoms with Crippen LogP contribution in [-0.2, 0) is 25.7 Å². The number of amides is 5. The van der Waals surface area contributed by atoms with Crippen molar-refractivity contribution in [3.05, 3.63) is 60.2 Å². The Morgan fingerprint density at radius 1 is 1.00 bits per heavy atom. The van der Waals surface area contributed by atoms with Crippen molar-refractivity contribution in [3.8, 4) is 17.0 Å². The monoisotopic (exact) mass is 868 g/mol. The number of aromatic nitrogens is 2. The van der Waals surface area contributed by atoms with E-state index in [1.165, 1.54) is 0 Å². The molecule has 7 rings (SSSR count). The number of nitrogens with two attached hydrogens (primary N) is 1. The number of para-hydroxylation sites is 1. The molecule has 7 N–H and O–H groups in total. The first-order chi connectivity index (χ1) is 30.1. The molecule has 5 amide bonds. The van der Waals surface area contributed by atoms with E-state index >= 15 is 0 Å². The number of rotatable bonds is 14. The smallest absolute Gasteiger partial charge is 0.410 e. The molecule has 1 saturated carbocycles. The Balaban J connectivity index is 0.961. The average molecular weight is 869 g/mol. The number of urea groups is 1. The zero-order chi connectivity index (χ0) is 44.9. The zero-order valence-electron chi connectivity index (χ0n) is 36.5. The van der Waals surface area contributed by atoms with Gasteiger partial charge in [-0.05, 0) is 102 Å². The average Bonchev–Trinajstić information content (AvgIpc) is 3.23. The van der Waals surface area contributed by atoms with E-state index in [0.717, 1.165) is 55.1 Å². The van der Waals surface area contributed by atoms with Crippen LogP contribution < -0.4 is 36.6 Å². The van der Waals surface area contributed by atoms with Gasteiger partial charge in [0.1, 0.15) is 29.4 Å². The summed E-state index contributed by atoms with van der Waals surface area (Å²) in [6.45, 7) is 12.3. The van der Waals surface area contributed by atoms with E-state index in [1.807, 2.05) is 62.1 Å². The minimum atomic E-state index is -1.54. The van der Waals surface area contributed by atoms with Gasteiger partial charge in [-0.25, -0.2) is 9.59 Å². The van der Waals surface area contributed by atoms with Gasteiger partial charge >= 0.3 is 18.1 Å². The number of benzene rings is 2. The van der Waals surface area contributed by atoms with Gasteiger partial charge in [-0.3, -0.25) is 19.3 Å². The number of piperazine rings is 1. The fourth-order valence-electron chi connectivity index (χ4n) is 8.81. The third kappa shape index (κ3) is 10.6. The molecule has 2 aromatic carbocycles. The molecule has 0 spiro atoms.